The molecule has 0 rings (SSSR count). The molecule has 0 radical (unpaired) electrons. The van der Waals surface area contributed by atoms with E-state index in [1.54, 1.807) is 0 Å². The van der Waals surface area contributed by atoms with Gasteiger partial charge in [-0.1, -0.05) is 0 Å². The van der Waals surface area contributed by atoms with E-state index in [1.807, 2.05) is 0 Å². The van der Waals surface area contributed by atoms with Crippen LogP contribution in [0.4, 0.5) is 0 Å². The second-order valence-electron chi connectivity index (χ2n) is 0.894. The van der Waals surface area contributed by atoms with Crippen LogP contribution in [0.25, 0.3) is 0 Å². The summed E-state index contributed by atoms with van der Waals surface area (Å²) in [6.07, 6.45) is 0. The van der Waals surface area contributed by atoms with Crippen LogP contribution in [0.2, 0.25) is 0 Å². The van der Waals surface area contributed by atoms with Crippen molar-refractivity contribution < 1.29 is 76.0 Å². The average Bonchev–Trinajstić information content (AvgIpc) is 1.12. The third kappa shape index (κ3) is 628. The Bertz CT molecular complexity index is 129. The topological polar surface area (TPSA) is 172 Å². The van der Waals surface area contributed by atoms with Gasteiger partial charge < -0.3 is 38.5 Å². The molecule has 0 aromatic carbocycles. The van der Waals surface area contributed by atoms with E-state index in [9.17, 15) is 0 Å². The van der Waals surface area contributed by atoms with Crippen LogP contribution in [0.1, 0.15) is 0 Å². The zero-order valence-corrected chi connectivity index (χ0v) is 9.67. The van der Waals surface area contributed by atoms with Gasteiger partial charge in [-0.2, -0.15) is 15.6 Å². The minimum atomic E-state index is -5.39. The predicted molar refractivity (Wildman–Crippen MR) is 15.2 cm³/mol. The van der Waals surface area contributed by atoms with Crippen molar-refractivity contribution in [2.24, 2.45) is 0 Å². The molecule has 0 saturated heterocycles. The van der Waals surface area contributed by atoms with Crippen molar-refractivity contribution in [3.05, 3.63) is 0 Å². The summed E-state index contributed by atoms with van der Waals surface area (Å²) in [5.74, 6) is 0. The van der Waals surface area contributed by atoms with Gasteiger partial charge in [-0.25, -0.2) is 0 Å². The Labute approximate surface area is 91.7 Å². The summed E-state index contributed by atoms with van der Waals surface area (Å²) in [5, 5.41) is 0. The first-order valence-electron chi connectivity index (χ1n) is 1.46. The van der Waals surface area contributed by atoms with Crippen LogP contribution in [0.5, 0.6) is 0 Å². The fourth-order valence-corrected chi connectivity index (χ4v) is 0. The molecule has 0 aliphatic heterocycles. The van der Waals surface area contributed by atoms with Crippen LogP contribution in [-0.2, 0) is 46.7 Å². The molecule has 74 valence electrons. The zero-order chi connectivity index (χ0) is 9.00. The molecule has 0 N–H and O–H groups in total. The standard InChI is InChI=1S/Mo.Ni.2H3O4P/c;;2*1-5(2,3)4/h;;2*(H3,1,2,3,4)/q+4;+2;;/p-6. The van der Waals surface area contributed by atoms with Gasteiger partial charge in [0.2, 0.25) is 0 Å². The molecule has 0 heterocycles. The van der Waals surface area contributed by atoms with Gasteiger partial charge in [-0.3, -0.25) is 0 Å². The van der Waals surface area contributed by atoms with E-state index in [0.29, 0.717) is 0 Å². The monoisotopic (exact) mass is 346 g/mol. The van der Waals surface area contributed by atoms with Gasteiger partial charge in [0.25, 0.3) is 0 Å². The van der Waals surface area contributed by atoms with Crippen LogP contribution in [0.15, 0.2) is 0 Å². The summed E-state index contributed by atoms with van der Waals surface area (Å²) in [4.78, 5) is 51.3. The first-order valence-corrected chi connectivity index (χ1v) is 4.38. The second kappa shape index (κ2) is 8.98. The van der Waals surface area contributed by atoms with Crippen LogP contribution >= 0.6 is 15.6 Å². The van der Waals surface area contributed by atoms with E-state index >= 15 is 0 Å². The number of rotatable bonds is 0. The van der Waals surface area contributed by atoms with E-state index in [-0.39, 0.29) is 37.6 Å². The summed E-state index contributed by atoms with van der Waals surface area (Å²) in [6, 6.07) is 0. The Morgan fingerprint density at radius 3 is 0.667 bits per heavy atom. The van der Waals surface area contributed by atoms with E-state index in [4.69, 9.17) is 38.5 Å². The van der Waals surface area contributed by atoms with Crippen molar-refractivity contribution in [1.82, 2.24) is 0 Å². The minimum absolute atomic E-state index is 0. The third-order valence-electron chi connectivity index (χ3n) is 0. The van der Waals surface area contributed by atoms with Crippen LogP contribution < -0.4 is 29.4 Å². The average molecular weight is 345 g/mol. The summed E-state index contributed by atoms with van der Waals surface area (Å²) in [7, 11) is -10.8. The van der Waals surface area contributed by atoms with Crippen molar-refractivity contribution in [3.63, 3.8) is 0 Å². The maximum atomic E-state index is 8.55. The maximum absolute atomic E-state index is 8.55. The van der Waals surface area contributed by atoms with Crippen LogP contribution in [0.3, 0.4) is 0 Å². The molecule has 0 aliphatic rings. The minimum Gasteiger partial charge on any atom is -0.822 e. The smallest absolute Gasteiger partial charge is 0.822 e. The molecule has 0 atom stereocenters. The third-order valence-corrected chi connectivity index (χ3v) is 0. The van der Waals surface area contributed by atoms with E-state index in [0.717, 1.165) is 0 Å². The normalized spacial score (nSPS) is 9.83. The van der Waals surface area contributed by atoms with E-state index in [2.05, 4.69) is 0 Å². The maximum Gasteiger partial charge on any atom is 4.00 e. The molecule has 12 heavy (non-hydrogen) atoms. The van der Waals surface area contributed by atoms with Gasteiger partial charge in [0.05, 0.1) is 0 Å². The largest absolute Gasteiger partial charge is 4.00 e. The first kappa shape index (κ1) is 23.3. The molecule has 0 saturated carbocycles. The molecule has 0 spiro atoms. The molecule has 0 aromatic rings. The van der Waals surface area contributed by atoms with Crippen molar-refractivity contribution in [2.45, 2.75) is 0 Å². The molecule has 0 amide bonds. The van der Waals surface area contributed by atoms with Gasteiger partial charge >= 0.3 is 37.6 Å². The Kier molecular flexibility index (Phi) is 17.4. The molecule has 0 aliphatic carbocycles. The van der Waals surface area contributed by atoms with Crippen molar-refractivity contribution in [2.75, 3.05) is 0 Å². The molecular formula is MoNiO8P2. The summed E-state index contributed by atoms with van der Waals surface area (Å²) in [6.45, 7) is 0. The molecule has 0 aromatic heterocycles. The fourth-order valence-electron chi connectivity index (χ4n) is 0. The molecule has 12 heteroatoms. The number of hydrogen-bond donors (Lipinski definition) is 0. The van der Waals surface area contributed by atoms with Crippen molar-refractivity contribution in [1.29, 1.82) is 0 Å². The van der Waals surface area contributed by atoms with Crippen molar-refractivity contribution in [3.8, 4) is 0 Å². The van der Waals surface area contributed by atoms with Crippen LogP contribution in [-0.4, -0.2) is 0 Å². The number of phosphoric acid groups is 2. The predicted octanol–water partition coefficient (Wildman–Crippen LogP) is -5.65. The SMILES string of the molecule is O=P([O-])([O-])[O-].O=P([O-])([O-])[O-].[Mo+4].[Ni+2]. The van der Waals surface area contributed by atoms with Gasteiger partial charge in [0.15, 0.2) is 0 Å². The van der Waals surface area contributed by atoms with Gasteiger partial charge in [-0.15, -0.1) is 0 Å². The summed E-state index contributed by atoms with van der Waals surface area (Å²) < 4.78 is 17.1. The Hall–Kier alpha value is 1.40. The Morgan fingerprint density at radius 2 is 0.667 bits per heavy atom. The molecule has 8 nitrogen and oxygen atoms in total. The quantitative estimate of drug-likeness (QED) is 0.309. The molecular weight excluding hydrogens is 345 g/mol. The zero-order valence-electron chi connectivity index (χ0n) is 4.88. The van der Waals surface area contributed by atoms with Crippen LogP contribution in [0, 0.1) is 0 Å². The fraction of sp³-hybridized carbons (Fsp3) is 0. The van der Waals surface area contributed by atoms with E-state index < -0.39 is 15.6 Å². The van der Waals surface area contributed by atoms with Gasteiger partial charge in [-0.05, 0) is 0 Å². The van der Waals surface area contributed by atoms with E-state index in [1.165, 1.54) is 0 Å². The molecule has 0 unspecified atom stereocenters. The summed E-state index contributed by atoms with van der Waals surface area (Å²) in [5.41, 5.74) is 0. The number of hydrogen-bond acceptors (Lipinski definition) is 8. The Balaban J connectivity index is -0.0000000457. The summed E-state index contributed by atoms with van der Waals surface area (Å²) >= 11 is 0. The van der Waals surface area contributed by atoms with Crippen molar-refractivity contribution >= 4 is 15.6 Å². The second-order valence-corrected chi connectivity index (χ2v) is 2.68. The van der Waals surface area contributed by atoms with Gasteiger partial charge in [0, 0.05) is 0 Å². The first-order chi connectivity index (χ1) is 4.00. The molecule has 0 fully saturated rings. The van der Waals surface area contributed by atoms with Gasteiger partial charge in [0.1, 0.15) is 0 Å². The Morgan fingerprint density at radius 1 is 0.667 bits per heavy atom. The molecule has 0 bridgehead atoms.